The van der Waals surface area contributed by atoms with Crippen molar-refractivity contribution in [3.8, 4) is 0 Å². The van der Waals surface area contributed by atoms with Crippen LogP contribution < -0.4 is 5.32 Å². The van der Waals surface area contributed by atoms with Gasteiger partial charge >= 0.3 is 6.03 Å². The third kappa shape index (κ3) is 2.69. The molecule has 0 bridgehead atoms. The minimum atomic E-state index is 0.122. The molecule has 1 atom stereocenters. The van der Waals surface area contributed by atoms with Crippen LogP contribution in [0.3, 0.4) is 0 Å². The zero-order valence-electron chi connectivity index (χ0n) is 10.2. The van der Waals surface area contributed by atoms with Crippen molar-refractivity contribution >= 4 is 22.0 Å². The first-order valence-corrected chi connectivity index (χ1v) is 7.32. The van der Waals surface area contributed by atoms with Gasteiger partial charge in [-0.15, -0.1) is 0 Å². The average Bonchev–Trinajstić information content (AvgIpc) is 3.04. The molecular weight excluding hydrogens is 292 g/mol. The SMILES string of the molecule is O=C(NC1CC1)N1CCC(c2ccc(Br)cc2)C1. The van der Waals surface area contributed by atoms with E-state index in [1.807, 2.05) is 4.90 Å². The van der Waals surface area contributed by atoms with Gasteiger partial charge in [0.1, 0.15) is 0 Å². The Morgan fingerprint density at radius 1 is 1.22 bits per heavy atom. The Morgan fingerprint density at radius 2 is 1.94 bits per heavy atom. The van der Waals surface area contributed by atoms with Crippen LogP contribution in [0.15, 0.2) is 28.7 Å². The average molecular weight is 309 g/mol. The van der Waals surface area contributed by atoms with Crippen LogP contribution in [0, 0.1) is 0 Å². The van der Waals surface area contributed by atoms with Crippen LogP contribution in [0.2, 0.25) is 0 Å². The molecule has 2 amide bonds. The summed E-state index contributed by atoms with van der Waals surface area (Å²) >= 11 is 3.45. The number of rotatable bonds is 2. The van der Waals surface area contributed by atoms with Gasteiger partial charge in [0.2, 0.25) is 0 Å². The van der Waals surface area contributed by atoms with Crippen molar-refractivity contribution in [1.29, 1.82) is 0 Å². The molecule has 0 aromatic heterocycles. The molecular formula is C14H17BrN2O. The lowest BCUT2D eigenvalue weighted by Crippen LogP contribution is -2.39. The summed E-state index contributed by atoms with van der Waals surface area (Å²) in [4.78, 5) is 13.9. The zero-order valence-corrected chi connectivity index (χ0v) is 11.8. The molecule has 1 aromatic rings. The maximum Gasteiger partial charge on any atom is 0.317 e. The number of amides is 2. The third-order valence-electron chi connectivity index (χ3n) is 3.72. The number of likely N-dealkylation sites (tertiary alicyclic amines) is 1. The number of hydrogen-bond acceptors (Lipinski definition) is 1. The first-order valence-electron chi connectivity index (χ1n) is 6.53. The Labute approximate surface area is 116 Å². The number of urea groups is 1. The van der Waals surface area contributed by atoms with E-state index in [1.165, 1.54) is 5.56 Å². The number of carbonyl (C=O) groups is 1. The summed E-state index contributed by atoms with van der Waals surface area (Å²) in [6.45, 7) is 1.72. The van der Waals surface area contributed by atoms with Gasteiger partial charge in [-0.2, -0.15) is 0 Å². The number of hydrogen-bond donors (Lipinski definition) is 1. The molecule has 1 aromatic carbocycles. The molecule has 2 fully saturated rings. The second-order valence-electron chi connectivity index (χ2n) is 5.21. The first-order chi connectivity index (χ1) is 8.72. The van der Waals surface area contributed by atoms with Crippen molar-refractivity contribution < 1.29 is 4.79 Å². The Balaban J connectivity index is 1.60. The summed E-state index contributed by atoms with van der Waals surface area (Å²) in [7, 11) is 0. The highest BCUT2D eigenvalue weighted by Crippen LogP contribution is 2.28. The minimum Gasteiger partial charge on any atom is -0.335 e. The number of halogens is 1. The molecule has 1 saturated heterocycles. The van der Waals surface area contributed by atoms with Crippen LogP contribution in [-0.2, 0) is 0 Å². The van der Waals surface area contributed by atoms with Crippen molar-refractivity contribution in [2.75, 3.05) is 13.1 Å². The van der Waals surface area contributed by atoms with Crippen LogP contribution in [0.5, 0.6) is 0 Å². The van der Waals surface area contributed by atoms with Gasteiger partial charge < -0.3 is 10.2 Å². The lowest BCUT2D eigenvalue weighted by Gasteiger charge is -2.17. The molecule has 0 spiro atoms. The Morgan fingerprint density at radius 3 is 2.61 bits per heavy atom. The Kier molecular flexibility index (Phi) is 3.29. The second-order valence-corrected chi connectivity index (χ2v) is 6.12. The molecule has 2 aliphatic rings. The normalized spacial score (nSPS) is 23.2. The summed E-state index contributed by atoms with van der Waals surface area (Å²) in [5, 5.41) is 3.06. The number of nitrogens with zero attached hydrogens (tertiary/aromatic N) is 1. The summed E-state index contributed by atoms with van der Waals surface area (Å²) in [6.07, 6.45) is 3.37. The molecule has 96 valence electrons. The molecule has 0 radical (unpaired) electrons. The maximum absolute atomic E-state index is 11.9. The lowest BCUT2D eigenvalue weighted by atomic mass is 9.99. The summed E-state index contributed by atoms with van der Waals surface area (Å²) < 4.78 is 1.10. The Bertz CT molecular complexity index is 442. The second kappa shape index (κ2) is 4.92. The van der Waals surface area contributed by atoms with Crippen molar-refractivity contribution in [1.82, 2.24) is 10.2 Å². The van der Waals surface area contributed by atoms with Crippen molar-refractivity contribution in [2.45, 2.75) is 31.2 Å². The molecule has 1 heterocycles. The summed E-state index contributed by atoms with van der Waals surface area (Å²) in [5.74, 6) is 0.489. The smallest absolute Gasteiger partial charge is 0.317 e. The van der Waals surface area contributed by atoms with Gasteiger partial charge in [-0.3, -0.25) is 0 Å². The minimum absolute atomic E-state index is 0.122. The maximum atomic E-state index is 11.9. The molecule has 3 rings (SSSR count). The van der Waals surface area contributed by atoms with Crippen molar-refractivity contribution in [2.24, 2.45) is 0 Å². The van der Waals surface area contributed by atoms with Gasteiger partial charge in [0.15, 0.2) is 0 Å². The molecule has 1 aliphatic heterocycles. The fraction of sp³-hybridized carbons (Fsp3) is 0.500. The monoisotopic (exact) mass is 308 g/mol. The van der Waals surface area contributed by atoms with E-state index in [-0.39, 0.29) is 6.03 Å². The highest BCUT2D eigenvalue weighted by atomic mass is 79.9. The van der Waals surface area contributed by atoms with E-state index < -0.39 is 0 Å². The van der Waals surface area contributed by atoms with E-state index >= 15 is 0 Å². The fourth-order valence-electron chi connectivity index (χ4n) is 2.45. The predicted octanol–water partition coefficient (Wildman–Crippen LogP) is 3.11. The van der Waals surface area contributed by atoms with Crippen molar-refractivity contribution in [3.05, 3.63) is 34.3 Å². The van der Waals surface area contributed by atoms with Crippen LogP contribution in [0.25, 0.3) is 0 Å². The summed E-state index contributed by atoms with van der Waals surface area (Å²) in [6, 6.07) is 9.01. The van der Waals surface area contributed by atoms with E-state index in [0.717, 1.165) is 36.8 Å². The molecule has 1 N–H and O–H groups in total. The van der Waals surface area contributed by atoms with Gasteiger partial charge in [0, 0.05) is 29.5 Å². The molecule has 4 heteroatoms. The van der Waals surface area contributed by atoms with E-state index in [0.29, 0.717) is 12.0 Å². The van der Waals surface area contributed by atoms with Crippen LogP contribution in [0.4, 0.5) is 4.79 Å². The number of nitrogens with one attached hydrogen (secondary N) is 1. The van der Waals surface area contributed by atoms with Gasteiger partial charge in [0.05, 0.1) is 0 Å². The predicted molar refractivity (Wildman–Crippen MR) is 74.6 cm³/mol. The topological polar surface area (TPSA) is 32.3 Å². The Hall–Kier alpha value is -1.03. The molecule has 3 nitrogen and oxygen atoms in total. The summed E-state index contributed by atoms with van der Waals surface area (Å²) in [5.41, 5.74) is 1.33. The molecule has 1 aliphatic carbocycles. The molecule has 18 heavy (non-hydrogen) atoms. The van der Waals surface area contributed by atoms with Gasteiger partial charge in [-0.25, -0.2) is 4.79 Å². The van der Waals surface area contributed by atoms with Crippen LogP contribution in [0.1, 0.15) is 30.7 Å². The van der Waals surface area contributed by atoms with Gasteiger partial charge in [0.25, 0.3) is 0 Å². The van der Waals surface area contributed by atoms with E-state index in [2.05, 4.69) is 45.5 Å². The highest BCUT2D eigenvalue weighted by Gasteiger charge is 2.30. The number of benzene rings is 1. The van der Waals surface area contributed by atoms with E-state index in [1.54, 1.807) is 0 Å². The van der Waals surface area contributed by atoms with Crippen molar-refractivity contribution in [3.63, 3.8) is 0 Å². The van der Waals surface area contributed by atoms with E-state index in [4.69, 9.17) is 0 Å². The third-order valence-corrected chi connectivity index (χ3v) is 4.25. The zero-order chi connectivity index (χ0) is 12.5. The van der Waals surface area contributed by atoms with Gasteiger partial charge in [-0.1, -0.05) is 28.1 Å². The molecule has 1 saturated carbocycles. The standard InChI is InChI=1S/C14H17BrN2O/c15-12-3-1-10(2-4-12)11-7-8-17(9-11)14(18)16-13-5-6-13/h1-4,11,13H,5-9H2,(H,16,18). The largest absolute Gasteiger partial charge is 0.335 e. The lowest BCUT2D eigenvalue weighted by molar-refractivity contribution is 0.208. The molecule has 1 unspecified atom stereocenters. The quantitative estimate of drug-likeness (QED) is 0.894. The van der Waals surface area contributed by atoms with E-state index in [9.17, 15) is 4.79 Å². The number of carbonyl (C=O) groups excluding carboxylic acids is 1. The fourth-order valence-corrected chi connectivity index (χ4v) is 2.71. The van der Waals surface area contributed by atoms with Crippen LogP contribution in [-0.4, -0.2) is 30.1 Å². The highest BCUT2D eigenvalue weighted by molar-refractivity contribution is 9.10. The first kappa shape index (κ1) is 12.0. The van der Waals surface area contributed by atoms with Crippen LogP contribution >= 0.6 is 15.9 Å². The van der Waals surface area contributed by atoms with Gasteiger partial charge in [-0.05, 0) is 37.0 Å².